The van der Waals surface area contributed by atoms with Crippen LogP contribution in [-0.4, -0.2) is 31.4 Å². The predicted octanol–water partition coefficient (Wildman–Crippen LogP) is 13.9. The van der Waals surface area contributed by atoms with Crippen molar-refractivity contribution >= 4 is 55.8 Å². The normalized spacial score (nSPS) is 11.0. The van der Waals surface area contributed by atoms with E-state index in [0.29, 0.717) is 28.1 Å². The average Bonchev–Trinajstić information content (AvgIpc) is 3.34. The van der Waals surface area contributed by atoms with Crippen LogP contribution in [0.5, 0.6) is 17.2 Å². The molecule has 75 heavy (non-hydrogen) atoms. The Hall–Kier alpha value is -7.68. The van der Waals surface area contributed by atoms with Crippen molar-refractivity contribution < 1.29 is 46.2 Å². The number of aromatic hydroxyl groups is 1. The number of nitrogens with zero attached hydrogens (tertiary/aromatic N) is 4. The lowest BCUT2D eigenvalue weighted by molar-refractivity contribution is -0.137. The molecule has 0 unspecified atom stereocenters. The molecule has 2 aromatic heterocycles. The summed E-state index contributed by atoms with van der Waals surface area (Å²) in [6, 6.07) is 39.0. The van der Waals surface area contributed by atoms with Gasteiger partial charge in [0.15, 0.2) is 0 Å². The van der Waals surface area contributed by atoms with Gasteiger partial charge in [0.05, 0.1) is 37.4 Å². The van der Waals surface area contributed by atoms with Crippen molar-refractivity contribution in [2.45, 2.75) is 53.1 Å². The molecule has 0 aliphatic rings. The second-order valence-electron chi connectivity index (χ2n) is 17.0. The Balaban J connectivity index is 0.000000209. The zero-order valence-corrected chi connectivity index (χ0v) is 43.4. The first-order valence-electron chi connectivity index (χ1n) is 22.4. The van der Waals surface area contributed by atoms with Crippen molar-refractivity contribution in [2.24, 2.45) is 0 Å². The number of alkyl halides is 6. The van der Waals surface area contributed by atoms with Gasteiger partial charge < -0.3 is 29.0 Å². The molecule has 3 N–H and O–H groups in total. The largest absolute Gasteiger partial charge is 0.508 e. The second-order valence-corrected chi connectivity index (χ2v) is 18.8. The summed E-state index contributed by atoms with van der Waals surface area (Å²) in [5.74, 6) is 1.02. The Kier molecular flexibility index (Phi) is 18.2. The number of ether oxygens (including phenoxy) is 1. The van der Waals surface area contributed by atoms with Gasteiger partial charge in [-0.25, -0.2) is 9.69 Å². The van der Waals surface area contributed by atoms with Crippen LogP contribution in [0.25, 0.3) is 32.2 Å². The zero-order chi connectivity index (χ0) is 54.9. The first-order valence-corrected chi connectivity index (χ1v) is 24.0. The molecule has 0 aliphatic heterocycles. The minimum Gasteiger partial charge on any atom is -0.508 e. The maximum Gasteiger partial charge on any atom is 0.488 e. The highest BCUT2D eigenvalue weighted by Crippen LogP contribution is 2.39. The van der Waals surface area contributed by atoms with Gasteiger partial charge in [-0.05, 0) is 158 Å². The highest BCUT2D eigenvalue weighted by Gasteiger charge is 2.38. The highest BCUT2D eigenvalue weighted by atomic mass is 79.9. The number of phenols is 1. The summed E-state index contributed by atoms with van der Waals surface area (Å²) in [7, 11) is -1.38. The zero-order valence-electron chi connectivity index (χ0n) is 40.2. The number of hydrogen-bond donors (Lipinski definition) is 3. The molecule has 10 nitrogen and oxygen atoms in total. The first kappa shape index (κ1) is 56.6. The summed E-state index contributed by atoms with van der Waals surface area (Å²) < 4.78 is 91.8. The smallest absolute Gasteiger partial charge is 0.488 e. The summed E-state index contributed by atoms with van der Waals surface area (Å²) in [6.45, 7) is 22.0. The van der Waals surface area contributed by atoms with Crippen molar-refractivity contribution in [1.29, 1.82) is 0 Å². The van der Waals surface area contributed by atoms with E-state index >= 15 is 0 Å². The van der Waals surface area contributed by atoms with Crippen LogP contribution in [0.2, 0.25) is 0 Å². The SMILES string of the molecule is OB(O)c1cccc(Br)c1.[C-]#[N+]c1c(C(F)(F)F)cc(-c2ccc(O)cc2)n(Cc2ccc(C)cc2C)c1=O.[C-]#[N+]c1c(C(F)(F)F)cc(-c2ccc(Oc3cccc(Br)c3)cc2)n(Cc2ccc(C)cc2C)c1=O. The Morgan fingerprint density at radius 2 is 0.987 bits per heavy atom. The van der Waals surface area contributed by atoms with E-state index in [-0.39, 0.29) is 30.2 Å². The molecule has 0 spiro atoms. The van der Waals surface area contributed by atoms with Crippen LogP contribution >= 0.6 is 31.9 Å². The number of aryl methyl sites for hydroxylation is 4. The molecule has 382 valence electrons. The number of hydrogen-bond acceptors (Lipinski definition) is 6. The Morgan fingerprint density at radius 3 is 1.36 bits per heavy atom. The van der Waals surface area contributed by atoms with Crippen LogP contribution in [0.15, 0.2) is 164 Å². The standard InChI is InChI=1S/C28H20BrF3N2O2.C22H17F3N2O2.C6H6BBrO2/c1-17-7-8-20(18(2)13-17)16-34-25(15-24(28(30,31)32)26(33-3)27(34)35)19-9-11-22(12-10-19)36-23-6-4-5-21(29)14-23;1-13-4-5-16(14(2)10-13)12-27-19(15-6-8-17(28)9-7-15)11-18(22(23,24)25)20(26-3)21(27)29;8-6-3-1-2-5(4-6)7(9)10/h4-15H,16H2,1-2H3;4-11,28H,12H2,1-2H3;1-4,9-10H. The molecule has 0 radical (unpaired) electrons. The maximum absolute atomic E-state index is 13.8. The van der Waals surface area contributed by atoms with Gasteiger partial charge in [0.1, 0.15) is 17.2 Å². The van der Waals surface area contributed by atoms with Crippen LogP contribution in [0.3, 0.4) is 0 Å². The van der Waals surface area contributed by atoms with Crippen molar-refractivity contribution in [1.82, 2.24) is 9.13 Å². The van der Waals surface area contributed by atoms with Crippen molar-refractivity contribution in [3.63, 3.8) is 0 Å². The minimum atomic E-state index is -4.85. The maximum atomic E-state index is 13.8. The average molecular weight is 1150 g/mol. The fourth-order valence-corrected chi connectivity index (χ4v) is 8.55. The number of pyridine rings is 2. The molecule has 0 saturated heterocycles. The number of benzene rings is 6. The molecule has 0 saturated carbocycles. The van der Waals surface area contributed by atoms with Gasteiger partial charge in [0.25, 0.3) is 22.5 Å². The quantitative estimate of drug-likeness (QED) is 0.0752. The number of halogens is 8. The number of rotatable bonds is 9. The monoisotopic (exact) mass is 1150 g/mol. The topological polar surface area (TPSA) is 123 Å². The number of aromatic nitrogens is 2. The Labute approximate surface area is 444 Å². The molecule has 8 rings (SSSR count). The predicted molar refractivity (Wildman–Crippen MR) is 285 cm³/mol. The third-order valence-electron chi connectivity index (χ3n) is 11.5. The van der Waals surface area contributed by atoms with Gasteiger partial charge in [0, 0.05) is 20.3 Å². The molecule has 6 aromatic carbocycles. The van der Waals surface area contributed by atoms with E-state index in [1.165, 1.54) is 33.4 Å². The summed E-state index contributed by atoms with van der Waals surface area (Å²) in [6.07, 6.45) is -9.69. The molecule has 19 heteroatoms. The molecule has 0 bridgehead atoms. The molecule has 0 atom stereocenters. The summed E-state index contributed by atoms with van der Waals surface area (Å²) in [4.78, 5) is 31.9. The van der Waals surface area contributed by atoms with E-state index in [4.69, 9.17) is 27.9 Å². The van der Waals surface area contributed by atoms with Gasteiger partial charge >= 0.3 is 19.5 Å². The Bertz CT molecular complexity index is 3590. The van der Waals surface area contributed by atoms with Crippen LogP contribution in [0.4, 0.5) is 37.7 Å². The highest BCUT2D eigenvalue weighted by molar-refractivity contribution is 9.10. The summed E-state index contributed by atoms with van der Waals surface area (Å²) >= 11 is 6.59. The van der Waals surface area contributed by atoms with Crippen molar-refractivity contribution in [2.75, 3.05) is 0 Å². The van der Waals surface area contributed by atoms with Crippen molar-refractivity contribution in [3.8, 4) is 39.8 Å². The molecular formula is C56H43BBr2F6N4O6. The lowest BCUT2D eigenvalue weighted by Crippen LogP contribution is -2.29. The van der Waals surface area contributed by atoms with E-state index in [0.717, 1.165) is 54.5 Å². The molecule has 0 fully saturated rings. The van der Waals surface area contributed by atoms with E-state index in [9.17, 15) is 41.0 Å². The van der Waals surface area contributed by atoms with Gasteiger partial charge in [-0.1, -0.05) is 97.6 Å². The van der Waals surface area contributed by atoms with Crippen LogP contribution in [0.1, 0.15) is 44.5 Å². The lowest BCUT2D eigenvalue weighted by atomic mass is 9.81. The van der Waals surface area contributed by atoms with Gasteiger partial charge in [0.2, 0.25) is 0 Å². The van der Waals surface area contributed by atoms with Crippen LogP contribution < -0.4 is 21.3 Å². The van der Waals surface area contributed by atoms with Crippen LogP contribution in [-0.2, 0) is 25.4 Å². The lowest BCUT2D eigenvalue weighted by Gasteiger charge is -2.19. The van der Waals surface area contributed by atoms with E-state index in [1.807, 2.05) is 82.3 Å². The van der Waals surface area contributed by atoms with Gasteiger partial charge in [-0.15, -0.1) is 0 Å². The van der Waals surface area contributed by atoms with Gasteiger partial charge in [-0.3, -0.25) is 9.59 Å². The molecule has 0 aliphatic carbocycles. The fourth-order valence-electron chi connectivity index (χ4n) is 7.76. The van der Waals surface area contributed by atoms with E-state index in [2.05, 4.69) is 41.5 Å². The third kappa shape index (κ3) is 14.3. The number of phenolic OH excluding ortho intramolecular Hbond substituents is 1. The van der Waals surface area contributed by atoms with Crippen molar-refractivity contribution in [3.05, 3.63) is 243 Å². The minimum absolute atomic E-state index is 0.0157. The molecule has 8 aromatic rings. The summed E-state index contributed by atoms with van der Waals surface area (Å²) in [5, 5.41) is 26.9. The fraction of sp³-hybridized carbons (Fsp3) is 0.143. The third-order valence-corrected chi connectivity index (χ3v) is 12.5. The second kappa shape index (κ2) is 24.1. The van der Waals surface area contributed by atoms with Gasteiger partial charge in [-0.2, -0.15) is 26.3 Å². The van der Waals surface area contributed by atoms with Crippen LogP contribution in [0, 0.1) is 40.8 Å². The first-order chi connectivity index (χ1) is 35.4. The van der Waals surface area contributed by atoms with E-state index < -0.39 is 53.1 Å². The summed E-state index contributed by atoms with van der Waals surface area (Å²) in [5.41, 5.74) is 0.268. The molecular weight excluding hydrogens is 1110 g/mol. The Morgan fingerprint density at radius 1 is 0.560 bits per heavy atom. The molecule has 2 heterocycles. The van der Waals surface area contributed by atoms with E-state index in [1.54, 1.807) is 54.6 Å². The molecule has 0 amide bonds.